The van der Waals surface area contributed by atoms with Crippen molar-refractivity contribution in [3.05, 3.63) is 54.7 Å². The average Bonchev–Trinajstić information content (AvgIpc) is 3.17. The van der Waals surface area contributed by atoms with E-state index in [2.05, 4.69) is 65.8 Å². The van der Waals surface area contributed by atoms with Gasteiger partial charge in [-0.2, -0.15) is 5.21 Å². The van der Waals surface area contributed by atoms with Gasteiger partial charge in [-0.25, -0.2) is 7.91 Å². The average molecular weight is 683 g/mol. The Balaban J connectivity index is 1.85. The first-order chi connectivity index (χ1) is 12.5. The summed E-state index contributed by atoms with van der Waals surface area (Å²) >= 11 is 6.50. The number of rotatable bonds is 2. The monoisotopic (exact) mass is 683 g/mol. The van der Waals surface area contributed by atoms with Crippen molar-refractivity contribution in [2.24, 2.45) is 0 Å². The summed E-state index contributed by atoms with van der Waals surface area (Å²) in [6.45, 7) is 0. The van der Waals surface area contributed by atoms with E-state index in [1.807, 2.05) is 65.3 Å². The van der Waals surface area contributed by atoms with Crippen molar-refractivity contribution in [1.29, 1.82) is 0 Å². The summed E-state index contributed by atoms with van der Waals surface area (Å²) in [4.78, 5) is 12.2. The van der Waals surface area contributed by atoms with Gasteiger partial charge in [-0.05, 0) is 92.4 Å². The van der Waals surface area contributed by atoms with Crippen molar-refractivity contribution < 1.29 is 9.53 Å². The molecular formula is C16H8I3N5O2. The maximum atomic E-state index is 12.2. The van der Waals surface area contributed by atoms with Crippen LogP contribution in [0.25, 0.3) is 23.2 Å². The van der Waals surface area contributed by atoms with Crippen LogP contribution in [0.1, 0.15) is 11.1 Å². The summed E-state index contributed by atoms with van der Waals surface area (Å²) in [6.07, 6.45) is 1.43. The van der Waals surface area contributed by atoms with Crippen molar-refractivity contribution in [2.75, 3.05) is 3.11 Å². The van der Waals surface area contributed by atoms with Crippen molar-refractivity contribution >= 4 is 91.7 Å². The number of anilines is 1. The second-order valence-electron chi connectivity index (χ2n) is 5.30. The smallest absolute Gasteiger partial charge is 0.409 e. The van der Waals surface area contributed by atoms with Crippen LogP contribution in [-0.4, -0.2) is 26.7 Å². The standard InChI is InChI=1S/C16H8I3N5O2/c17-11-3-1-8(5-12(11)18)6-14-10-7-9(15-20-22-23-21-15)2-4-13(10)24(19)16(25)26-14/h1-7H,(H,20,21,22,23)/b14-6-. The number of aromatic nitrogens is 4. The zero-order chi connectivity index (χ0) is 18.3. The molecule has 0 bridgehead atoms. The van der Waals surface area contributed by atoms with Crippen molar-refractivity contribution in [3.8, 4) is 11.4 Å². The molecule has 1 aliphatic rings. The first kappa shape index (κ1) is 18.1. The van der Waals surface area contributed by atoms with E-state index in [1.165, 1.54) is 6.68 Å². The number of hydrogen-bond donors (Lipinski definition) is 1. The minimum Gasteiger partial charge on any atom is -0.409 e. The molecule has 26 heavy (non-hydrogen) atoms. The number of benzene rings is 2. The van der Waals surface area contributed by atoms with Gasteiger partial charge in [-0.15, -0.1) is 10.2 Å². The summed E-state index contributed by atoms with van der Waals surface area (Å²) in [5, 5.41) is 14.1. The van der Waals surface area contributed by atoms with E-state index in [9.17, 15) is 4.79 Å². The summed E-state index contributed by atoms with van der Waals surface area (Å²) in [6, 6.07) is 11.6. The fourth-order valence-electron chi connectivity index (χ4n) is 2.48. The van der Waals surface area contributed by atoms with Gasteiger partial charge in [0.15, 0.2) is 0 Å². The molecule has 0 radical (unpaired) electrons. The number of H-pyrrole nitrogens is 1. The normalized spacial score (nSPS) is 15.1. The Bertz CT molecular complexity index is 1040. The Morgan fingerprint density at radius 2 is 1.96 bits per heavy atom. The predicted octanol–water partition coefficient (Wildman–Crippen LogP) is 4.88. The SMILES string of the molecule is O=C1O/C(=C\c2ccc(I)c(I)c2)c2cc(-c3nn[nH]n3)ccc2N1I. The molecule has 2 aromatic carbocycles. The molecule has 4 rings (SSSR count). The third-order valence-corrected chi connectivity index (χ3v) is 7.45. The largest absolute Gasteiger partial charge is 0.428 e. The van der Waals surface area contributed by atoms with E-state index in [1.54, 1.807) is 0 Å². The Hall–Kier alpha value is -1.29. The number of ether oxygens (including phenoxy) is 1. The molecule has 1 N–H and O–H groups in total. The number of halogens is 3. The number of hydrogen-bond acceptors (Lipinski definition) is 5. The molecule has 130 valence electrons. The lowest BCUT2D eigenvalue weighted by molar-refractivity contribution is 0.203. The molecule has 0 saturated carbocycles. The molecule has 0 aliphatic carbocycles. The lowest BCUT2D eigenvalue weighted by atomic mass is 10.0. The van der Waals surface area contributed by atoms with Gasteiger partial charge in [-0.3, -0.25) is 0 Å². The van der Waals surface area contributed by atoms with Crippen LogP contribution in [0.5, 0.6) is 0 Å². The predicted molar refractivity (Wildman–Crippen MR) is 122 cm³/mol. The number of nitrogens with zero attached hydrogens (tertiary/aromatic N) is 4. The number of fused-ring (bicyclic) bond motifs is 1. The Labute approximate surface area is 189 Å². The maximum Gasteiger partial charge on any atom is 0.428 e. The van der Waals surface area contributed by atoms with Gasteiger partial charge in [0, 0.05) is 18.3 Å². The second kappa shape index (κ2) is 7.38. The Morgan fingerprint density at radius 1 is 1.12 bits per heavy atom. The number of amides is 1. The first-order valence-corrected chi connectivity index (χ1v) is 10.4. The molecule has 1 amide bonds. The number of tetrazole rings is 1. The van der Waals surface area contributed by atoms with Crippen LogP contribution < -0.4 is 3.11 Å². The molecule has 0 unspecified atom stereocenters. The number of aromatic amines is 1. The third-order valence-electron chi connectivity index (χ3n) is 3.68. The van der Waals surface area contributed by atoms with Crippen molar-refractivity contribution in [3.63, 3.8) is 0 Å². The van der Waals surface area contributed by atoms with Crippen LogP contribution in [0.4, 0.5) is 10.5 Å². The molecule has 0 spiro atoms. The fourth-order valence-corrected chi connectivity index (χ4v) is 3.87. The summed E-state index contributed by atoms with van der Waals surface area (Å²) in [7, 11) is 0. The number of carbonyl (C=O) groups excluding carboxylic acids is 1. The van der Waals surface area contributed by atoms with Crippen LogP contribution in [-0.2, 0) is 4.74 Å². The van der Waals surface area contributed by atoms with E-state index in [-0.39, 0.29) is 0 Å². The highest BCUT2D eigenvalue weighted by Crippen LogP contribution is 2.39. The molecule has 2 heterocycles. The molecule has 3 aromatic rings. The fraction of sp³-hybridized carbons (Fsp3) is 0. The second-order valence-corrected chi connectivity index (χ2v) is 8.59. The highest BCUT2D eigenvalue weighted by molar-refractivity contribution is 14.1. The van der Waals surface area contributed by atoms with Crippen molar-refractivity contribution in [2.45, 2.75) is 0 Å². The zero-order valence-electron chi connectivity index (χ0n) is 12.8. The van der Waals surface area contributed by atoms with Gasteiger partial charge in [0.2, 0.25) is 5.82 Å². The lowest BCUT2D eigenvalue weighted by Gasteiger charge is -2.25. The number of cyclic esters (lactones) is 1. The minimum atomic E-state index is -0.433. The van der Waals surface area contributed by atoms with Gasteiger partial charge >= 0.3 is 6.09 Å². The van der Waals surface area contributed by atoms with Crippen LogP contribution in [0, 0.1) is 7.14 Å². The number of carbonyl (C=O) groups is 1. The molecular weight excluding hydrogens is 675 g/mol. The van der Waals surface area contributed by atoms with Crippen LogP contribution in [0.2, 0.25) is 0 Å². The van der Waals surface area contributed by atoms with Gasteiger partial charge < -0.3 is 4.74 Å². The van der Waals surface area contributed by atoms with E-state index in [0.29, 0.717) is 11.6 Å². The Kier molecular flexibility index (Phi) is 5.13. The van der Waals surface area contributed by atoms with E-state index in [0.717, 1.165) is 25.9 Å². The molecule has 0 atom stereocenters. The van der Waals surface area contributed by atoms with Gasteiger partial charge in [0.25, 0.3) is 0 Å². The maximum absolute atomic E-state index is 12.2. The first-order valence-electron chi connectivity index (χ1n) is 7.25. The Morgan fingerprint density at radius 3 is 2.69 bits per heavy atom. The quantitative estimate of drug-likeness (QED) is 0.308. The molecule has 0 saturated heterocycles. The molecule has 1 aromatic heterocycles. The molecule has 7 nitrogen and oxygen atoms in total. The topological polar surface area (TPSA) is 84.0 Å². The highest BCUT2D eigenvalue weighted by atomic mass is 127. The lowest BCUT2D eigenvalue weighted by Crippen LogP contribution is -2.26. The van der Waals surface area contributed by atoms with Crippen LogP contribution in [0.3, 0.4) is 0 Å². The van der Waals surface area contributed by atoms with E-state index >= 15 is 0 Å². The zero-order valence-corrected chi connectivity index (χ0v) is 19.3. The summed E-state index contributed by atoms with van der Waals surface area (Å²) in [5.74, 6) is 0.966. The summed E-state index contributed by atoms with van der Waals surface area (Å²) < 4.78 is 9.30. The van der Waals surface area contributed by atoms with Gasteiger partial charge in [-0.1, -0.05) is 6.07 Å². The molecule has 0 fully saturated rings. The van der Waals surface area contributed by atoms with E-state index in [4.69, 9.17) is 4.74 Å². The summed E-state index contributed by atoms with van der Waals surface area (Å²) in [5.41, 5.74) is 3.27. The third kappa shape index (κ3) is 3.45. The molecule has 10 heteroatoms. The van der Waals surface area contributed by atoms with Crippen LogP contribution >= 0.6 is 68.0 Å². The number of nitrogens with one attached hydrogen (secondary N) is 1. The highest BCUT2D eigenvalue weighted by Gasteiger charge is 2.28. The molecule has 1 aliphatic heterocycles. The van der Waals surface area contributed by atoms with E-state index < -0.39 is 6.09 Å². The minimum absolute atomic E-state index is 0.433. The van der Waals surface area contributed by atoms with Crippen molar-refractivity contribution in [1.82, 2.24) is 20.6 Å². The van der Waals surface area contributed by atoms with Crippen LogP contribution in [0.15, 0.2) is 36.4 Å². The van der Waals surface area contributed by atoms with Gasteiger partial charge in [0.05, 0.1) is 28.6 Å². The van der Waals surface area contributed by atoms with Gasteiger partial charge in [0.1, 0.15) is 5.76 Å².